The number of hydrogen-bond acceptors (Lipinski definition) is 2. The van der Waals surface area contributed by atoms with Crippen LogP contribution in [0.1, 0.15) is 12.2 Å². The summed E-state index contributed by atoms with van der Waals surface area (Å²) in [5, 5.41) is 3.27. The number of rotatable bonds is 5. The molecule has 1 heterocycles. The number of carbonyl (C=O) groups excluding carboxylic acids is 1. The number of amides is 1. The fourth-order valence-electron chi connectivity index (χ4n) is 2.29. The van der Waals surface area contributed by atoms with Crippen LogP contribution in [-0.4, -0.2) is 5.91 Å². The summed E-state index contributed by atoms with van der Waals surface area (Å²) in [6.07, 6.45) is 0.749. The van der Waals surface area contributed by atoms with Crippen LogP contribution in [0.3, 0.4) is 0 Å². The molecule has 0 aliphatic rings. The number of hydrogen-bond donors (Lipinski definition) is 1. The van der Waals surface area contributed by atoms with Gasteiger partial charge in [0.25, 0.3) is 0 Å². The molecule has 0 atom stereocenters. The smallest absolute Gasteiger partial charge is 0.224 e. The zero-order valence-electron chi connectivity index (χ0n) is 12.8. The molecule has 0 aliphatic heterocycles. The normalized spacial score (nSPS) is 10.6. The molecule has 0 aliphatic carbocycles. The molecule has 0 unspecified atom stereocenters. The standard InChI is InChI=1S/C19H15ClFNO2/c20-16-3-1-2-4-17(16)22-19(23)12-10-15-9-11-18(24-15)13-5-7-14(21)8-6-13/h1-9,11H,10,12H2,(H,22,23). The second kappa shape index (κ2) is 7.32. The maximum atomic E-state index is 12.9. The summed E-state index contributed by atoms with van der Waals surface area (Å²) in [5.74, 6) is 0.921. The van der Waals surface area contributed by atoms with Gasteiger partial charge in [-0.25, -0.2) is 4.39 Å². The highest BCUT2D eigenvalue weighted by Gasteiger charge is 2.09. The van der Waals surface area contributed by atoms with Crippen molar-refractivity contribution in [2.24, 2.45) is 0 Å². The summed E-state index contributed by atoms with van der Waals surface area (Å²) in [4.78, 5) is 12.0. The maximum absolute atomic E-state index is 12.9. The quantitative estimate of drug-likeness (QED) is 0.682. The Hall–Kier alpha value is -2.59. The van der Waals surface area contributed by atoms with Crippen molar-refractivity contribution in [1.82, 2.24) is 0 Å². The molecule has 1 N–H and O–H groups in total. The molecule has 122 valence electrons. The van der Waals surface area contributed by atoms with Crippen LogP contribution in [0.5, 0.6) is 0 Å². The largest absolute Gasteiger partial charge is 0.461 e. The van der Waals surface area contributed by atoms with Crippen LogP contribution in [0.15, 0.2) is 65.1 Å². The Bertz CT molecular complexity index is 843. The summed E-state index contributed by atoms with van der Waals surface area (Å²) < 4.78 is 18.6. The van der Waals surface area contributed by atoms with Crippen LogP contribution < -0.4 is 5.32 Å². The van der Waals surface area contributed by atoms with E-state index in [1.165, 1.54) is 12.1 Å². The van der Waals surface area contributed by atoms with Gasteiger partial charge in [-0.15, -0.1) is 0 Å². The number of anilines is 1. The topological polar surface area (TPSA) is 42.2 Å². The van der Waals surface area contributed by atoms with E-state index in [0.717, 1.165) is 5.56 Å². The minimum atomic E-state index is -0.290. The first-order valence-electron chi connectivity index (χ1n) is 7.51. The van der Waals surface area contributed by atoms with Crippen molar-refractivity contribution < 1.29 is 13.6 Å². The predicted molar refractivity (Wildman–Crippen MR) is 92.5 cm³/mol. The van der Waals surface area contributed by atoms with Crippen molar-refractivity contribution >= 4 is 23.2 Å². The van der Waals surface area contributed by atoms with Gasteiger partial charge in [0, 0.05) is 18.4 Å². The van der Waals surface area contributed by atoms with E-state index in [9.17, 15) is 9.18 Å². The molecule has 5 heteroatoms. The van der Waals surface area contributed by atoms with E-state index in [2.05, 4.69) is 5.32 Å². The van der Waals surface area contributed by atoms with E-state index in [4.69, 9.17) is 16.0 Å². The molecule has 0 bridgehead atoms. The second-order valence-electron chi connectivity index (χ2n) is 5.30. The molecule has 0 saturated heterocycles. The molecular formula is C19H15ClFNO2. The fourth-order valence-corrected chi connectivity index (χ4v) is 2.48. The van der Waals surface area contributed by atoms with E-state index in [-0.39, 0.29) is 18.1 Å². The van der Waals surface area contributed by atoms with Crippen molar-refractivity contribution in [2.75, 3.05) is 5.32 Å². The Labute approximate surface area is 144 Å². The van der Waals surface area contributed by atoms with Gasteiger partial charge in [-0.05, 0) is 48.5 Å². The van der Waals surface area contributed by atoms with E-state index < -0.39 is 0 Å². The Morgan fingerprint density at radius 2 is 1.79 bits per heavy atom. The van der Waals surface area contributed by atoms with Crippen molar-refractivity contribution in [3.63, 3.8) is 0 Å². The third-order valence-electron chi connectivity index (χ3n) is 3.54. The number of halogens is 2. The van der Waals surface area contributed by atoms with E-state index >= 15 is 0 Å². The molecule has 24 heavy (non-hydrogen) atoms. The summed E-state index contributed by atoms with van der Waals surface area (Å²) >= 11 is 6.01. The minimum Gasteiger partial charge on any atom is -0.461 e. The van der Waals surface area contributed by atoms with Gasteiger partial charge in [0.05, 0.1) is 10.7 Å². The molecule has 1 aromatic heterocycles. The van der Waals surface area contributed by atoms with E-state index in [0.29, 0.717) is 28.7 Å². The second-order valence-corrected chi connectivity index (χ2v) is 5.71. The van der Waals surface area contributed by atoms with Crippen LogP contribution in [-0.2, 0) is 11.2 Å². The third-order valence-corrected chi connectivity index (χ3v) is 3.87. The minimum absolute atomic E-state index is 0.136. The predicted octanol–water partition coefficient (Wildman–Crippen LogP) is 5.31. The SMILES string of the molecule is O=C(CCc1ccc(-c2ccc(F)cc2)o1)Nc1ccccc1Cl. The van der Waals surface area contributed by atoms with Gasteiger partial charge in [-0.2, -0.15) is 0 Å². The molecule has 3 rings (SSSR count). The van der Waals surface area contributed by atoms with Gasteiger partial charge in [0.15, 0.2) is 0 Å². The van der Waals surface area contributed by atoms with Crippen LogP contribution in [0, 0.1) is 5.82 Å². The first kappa shape index (κ1) is 16.3. The molecule has 0 fully saturated rings. The molecule has 0 spiro atoms. The Morgan fingerprint density at radius 1 is 1.04 bits per heavy atom. The van der Waals surface area contributed by atoms with Crippen LogP contribution in [0.2, 0.25) is 5.02 Å². The first-order valence-corrected chi connectivity index (χ1v) is 7.88. The highest BCUT2D eigenvalue weighted by molar-refractivity contribution is 6.33. The molecule has 2 aromatic carbocycles. The zero-order chi connectivity index (χ0) is 16.9. The lowest BCUT2D eigenvalue weighted by Gasteiger charge is -2.06. The van der Waals surface area contributed by atoms with Gasteiger partial charge in [-0.3, -0.25) is 4.79 Å². The number of carbonyl (C=O) groups is 1. The highest BCUT2D eigenvalue weighted by Crippen LogP contribution is 2.24. The number of benzene rings is 2. The van der Waals surface area contributed by atoms with Gasteiger partial charge in [0.2, 0.25) is 5.91 Å². The number of aryl methyl sites for hydroxylation is 1. The molecule has 3 nitrogen and oxygen atoms in total. The Kier molecular flexibility index (Phi) is 4.96. The van der Waals surface area contributed by atoms with Gasteiger partial charge in [-0.1, -0.05) is 23.7 Å². The number of para-hydroxylation sites is 1. The fraction of sp³-hybridized carbons (Fsp3) is 0.105. The molecule has 1 amide bonds. The summed E-state index contributed by atoms with van der Waals surface area (Å²) in [5.41, 5.74) is 1.39. The monoisotopic (exact) mass is 343 g/mol. The van der Waals surface area contributed by atoms with Crippen molar-refractivity contribution in [2.45, 2.75) is 12.8 Å². The lowest BCUT2D eigenvalue weighted by atomic mass is 10.2. The lowest BCUT2D eigenvalue weighted by Crippen LogP contribution is -2.12. The van der Waals surface area contributed by atoms with Crippen LogP contribution in [0.25, 0.3) is 11.3 Å². The third kappa shape index (κ3) is 4.03. The molecule has 0 radical (unpaired) electrons. The van der Waals surface area contributed by atoms with Crippen LogP contribution >= 0.6 is 11.6 Å². The lowest BCUT2D eigenvalue weighted by molar-refractivity contribution is -0.116. The van der Waals surface area contributed by atoms with Crippen LogP contribution in [0.4, 0.5) is 10.1 Å². The molecule has 3 aromatic rings. The van der Waals surface area contributed by atoms with Crippen molar-refractivity contribution in [3.05, 3.63) is 77.3 Å². The Morgan fingerprint density at radius 3 is 2.54 bits per heavy atom. The number of nitrogens with one attached hydrogen (secondary N) is 1. The highest BCUT2D eigenvalue weighted by atomic mass is 35.5. The first-order chi connectivity index (χ1) is 11.6. The average molecular weight is 344 g/mol. The van der Waals surface area contributed by atoms with E-state index in [1.54, 1.807) is 30.3 Å². The van der Waals surface area contributed by atoms with Crippen molar-refractivity contribution in [1.29, 1.82) is 0 Å². The summed E-state index contributed by atoms with van der Waals surface area (Å²) in [6, 6.07) is 16.8. The number of furan rings is 1. The summed E-state index contributed by atoms with van der Waals surface area (Å²) in [6.45, 7) is 0. The summed E-state index contributed by atoms with van der Waals surface area (Å²) in [7, 11) is 0. The maximum Gasteiger partial charge on any atom is 0.224 e. The van der Waals surface area contributed by atoms with Gasteiger partial charge < -0.3 is 9.73 Å². The van der Waals surface area contributed by atoms with E-state index in [1.807, 2.05) is 18.2 Å². The van der Waals surface area contributed by atoms with Gasteiger partial charge in [0.1, 0.15) is 17.3 Å². The average Bonchev–Trinajstić information content (AvgIpc) is 3.05. The Balaban J connectivity index is 1.58. The molecular weight excluding hydrogens is 329 g/mol. The zero-order valence-corrected chi connectivity index (χ0v) is 13.5. The molecule has 0 saturated carbocycles. The van der Waals surface area contributed by atoms with Gasteiger partial charge >= 0.3 is 0 Å². The van der Waals surface area contributed by atoms with Crippen molar-refractivity contribution in [3.8, 4) is 11.3 Å².